The fourth-order valence-corrected chi connectivity index (χ4v) is 1.25. The van der Waals surface area contributed by atoms with Gasteiger partial charge in [-0.1, -0.05) is 6.07 Å². The third-order valence-corrected chi connectivity index (χ3v) is 1.92. The van der Waals surface area contributed by atoms with Crippen LogP contribution in [0.25, 0.3) is 5.52 Å². The van der Waals surface area contributed by atoms with E-state index < -0.39 is 0 Å². The van der Waals surface area contributed by atoms with Crippen LogP contribution in [0.4, 0.5) is 0 Å². The van der Waals surface area contributed by atoms with Gasteiger partial charge in [0.1, 0.15) is 0 Å². The summed E-state index contributed by atoms with van der Waals surface area (Å²) in [6.07, 6.45) is 2.21. The summed E-state index contributed by atoms with van der Waals surface area (Å²) in [6.45, 7) is 0. The monoisotopic (exact) mass is 173 g/mol. The van der Waals surface area contributed by atoms with Crippen LogP contribution in [-0.4, -0.2) is 10.7 Å². The lowest BCUT2D eigenvalue weighted by atomic mass is 10.2. The number of pyridine rings is 2. The van der Waals surface area contributed by atoms with Crippen LogP contribution in [0.1, 0.15) is 10.4 Å². The molecular formula is C10H7NO2. The van der Waals surface area contributed by atoms with Crippen LogP contribution in [0.15, 0.2) is 41.3 Å². The second-order valence-corrected chi connectivity index (χ2v) is 2.71. The minimum Gasteiger partial charge on any atom is -0.298 e. The van der Waals surface area contributed by atoms with Crippen molar-refractivity contribution in [3.63, 3.8) is 0 Å². The van der Waals surface area contributed by atoms with Gasteiger partial charge in [0.05, 0.1) is 5.56 Å². The van der Waals surface area contributed by atoms with Gasteiger partial charge in [-0.25, -0.2) is 0 Å². The molecule has 0 N–H and O–H groups in total. The quantitative estimate of drug-likeness (QED) is 0.606. The third kappa shape index (κ3) is 1.14. The molecule has 2 aromatic rings. The molecule has 2 heterocycles. The molecule has 0 aromatic carbocycles. The van der Waals surface area contributed by atoms with E-state index in [9.17, 15) is 9.59 Å². The van der Waals surface area contributed by atoms with Gasteiger partial charge in [-0.2, -0.15) is 0 Å². The molecule has 0 atom stereocenters. The van der Waals surface area contributed by atoms with Crippen molar-refractivity contribution < 1.29 is 4.79 Å². The minimum absolute atomic E-state index is 0.184. The molecule has 0 fully saturated rings. The smallest absolute Gasteiger partial charge is 0.265 e. The molecule has 3 heteroatoms. The van der Waals surface area contributed by atoms with Crippen LogP contribution in [0, 0.1) is 0 Å². The second-order valence-electron chi connectivity index (χ2n) is 2.71. The van der Waals surface area contributed by atoms with Crippen LogP contribution >= 0.6 is 0 Å². The zero-order valence-corrected chi connectivity index (χ0v) is 6.81. The molecule has 0 spiro atoms. The average Bonchev–Trinajstić information content (AvgIpc) is 2.19. The molecule has 0 aliphatic heterocycles. The molecule has 64 valence electrons. The van der Waals surface area contributed by atoms with Gasteiger partial charge in [0.15, 0.2) is 6.29 Å². The molecule has 0 saturated heterocycles. The van der Waals surface area contributed by atoms with Gasteiger partial charge in [-0.05, 0) is 24.3 Å². The summed E-state index contributed by atoms with van der Waals surface area (Å²) in [5.74, 6) is 0. The van der Waals surface area contributed by atoms with E-state index >= 15 is 0 Å². The van der Waals surface area contributed by atoms with Crippen molar-refractivity contribution in [2.75, 3.05) is 0 Å². The maximum absolute atomic E-state index is 11.5. The number of nitrogens with zero attached hydrogens (tertiary/aromatic N) is 1. The second kappa shape index (κ2) is 2.86. The van der Waals surface area contributed by atoms with Gasteiger partial charge in [0.25, 0.3) is 5.56 Å². The Morgan fingerprint density at radius 1 is 1.15 bits per heavy atom. The normalized spacial score (nSPS) is 10.2. The first-order chi connectivity index (χ1) is 6.33. The van der Waals surface area contributed by atoms with E-state index in [1.165, 1.54) is 10.5 Å². The minimum atomic E-state index is -0.270. The highest BCUT2D eigenvalue weighted by molar-refractivity contribution is 5.75. The number of carbonyl (C=O) groups excluding carboxylic acids is 1. The third-order valence-electron chi connectivity index (χ3n) is 1.92. The number of rotatable bonds is 1. The Labute approximate surface area is 74.2 Å². The highest BCUT2D eigenvalue weighted by Crippen LogP contribution is 1.99. The number of aromatic nitrogens is 1. The summed E-state index contributed by atoms with van der Waals surface area (Å²) in [7, 11) is 0. The highest BCUT2D eigenvalue weighted by atomic mass is 16.1. The maximum Gasteiger partial charge on any atom is 0.265 e. The van der Waals surface area contributed by atoms with Gasteiger partial charge < -0.3 is 0 Å². The molecular weight excluding hydrogens is 166 g/mol. The number of hydrogen-bond donors (Lipinski definition) is 0. The van der Waals surface area contributed by atoms with E-state index in [1.807, 2.05) is 12.1 Å². The van der Waals surface area contributed by atoms with E-state index in [0.29, 0.717) is 6.29 Å². The topological polar surface area (TPSA) is 38.5 Å². The summed E-state index contributed by atoms with van der Waals surface area (Å²) in [4.78, 5) is 21.9. The Morgan fingerprint density at radius 3 is 2.77 bits per heavy atom. The van der Waals surface area contributed by atoms with Gasteiger partial charge in [-0.15, -0.1) is 0 Å². The van der Waals surface area contributed by atoms with Crippen LogP contribution in [0.3, 0.4) is 0 Å². The summed E-state index contributed by atoms with van der Waals surface area (Å²) >= 11 is 0. The molecule has 0 aliphatic carbocycles. The van der Waals surface area contributed by atoms with Crippen LogP contribution in [-0.2, 0) is 0 Å². The van der Waals surface area contributed by atoms with Crippen LogP contribution in [0.5, 0.6) is 0 Å². The van der Waals surface area contributed by atoms with Gasteiger partial charge in [-0.3, -0.25) is 14.0 Å². The van der Waals surface area contributed by atoms with Crippen molar-refractivity contribution in [2.45, 2.75) is 0 Å². The van der Waals surface area contributed by atoms with E-state index in [4.69, 9.17) is 0 Å². The van der Waals surface area contributed by atoms with E-state index in [2.05, 4.69) is 0 Å². The van der Waals surface area contributed by atoms with Gasteiger partial charge in [0, 0.05) is 11.7 Å². The lowest BCUT2D eigenvalue weighted by Gasteiger charge is -1.98. The summed E-state index contributed by atoms with van der Waals surface area (Å²) in [5.41, 5.74) is 0.704. The Bertz CT molecular complexity index is 514. The van der Waals surface area contributed by atoms with E-state index in [1.54, 1.807) is 18.3 Å². The molecule has 0 radical (unpaired) electrons. The maximum atomic E-state index is 11.5. The highest BCUT2D eigenvalue weighted by Gasteiger charge is 1.99. The Hall–Kier alpha value is -1.90. The average molecular weight is 173 g/mol. The standard InChI is InChI=1S/C10H7NO2/c12-7-8-4-5-9-3-1-2-6-11(9)10(8)13/h1-7H. The van der Waals surface area contributed by atoms with E-state index in [-0.39, 0.29) is 11.1 Å². The SMILES string of the molecule is O=Cc1ccc2ccccn2c1=O. The first-order valence-electron chi connectivity index (χ1n) is 3.88. The molecule has 0 saturated carbocycles. The Kier molecular flexibility index (Phi) is 1.70. The van der Waals surface area contributed by atoms with Crippen molar-refractivity contribution >= 4 is 11.8 Å². The largest absolute Gasteiger partial charge is 0.298 e. The van der Waals surface area contributed by atoms with Crippen LogP contribution in [0.2, 0.25) is 0 Å². The summed E-state index contributed by atoms with van der Waals surface area (Å²) < 4.78 is 1.45. The number of hydrogen-bond acceptors (Lipinski definition) is 2. The number of fused-ring (bicyclic) bond motifs is 1. The predicted octanol–water partition coefficient (Wildman–Crippen LogP) is 1.11. The molecule has 2 aromatic heterocycles. The Morgan fingerprint density at radius 2 is 2.00 bits per heavy atom. The molecule has 0 bridgehead atoms. The molecule has 0 aliphatic rings. The number of aldehydes is 1. The van der Waals surface area contributed by atoms with E-state index in [0.717, 1.165) is 5.52 Å². The fourth-order valence-electron chi connectivity index (χ4n) is 1.25. The first kappa shape index (κ1) is 7.73. The van der Waals surface area contributed by atoms with Gasteiger partial charge in [0.2, 0.25) is 0 Å². The molecule has 13 heavy (non-hydrogen) atoms. The first-order valence-corrected chi connectivity index (χ1v) is 3.88. The molecule has 3 nitrogen and oxygen atoms in total. The van der Waals surface area contributed by atoms with Crippen molar-refractivity contribution in [3.05, 3.63) is 52.4 Å². The lowest BCUT2D eigenvalue weighted by molar-refractivity contribution is 0.112. The van der Waals surface area contributed by atoms with Crippen molar-refractivity contribution in [1.29, 1.82) is 0 Å². The Balaban J connectivity index is 2.95. The molecule has 0 unspecified atom stereocenters. The zero-order chi connectivity index (χ0) is 9.26. The number of carbonyl (C=O) groups is 1. The summed E-state index contributed by atoms with van der Waals surface area (Å²) in [5, 5.41) is 0. The molecule has 2 rings (SSSR count). The van der Waals surface area contributed by atoms with Gasteiger partial charge >= 0.3 is 0 Å². The zero-order valence-electron chi connectivity index (χ0n) is 6.81. The lowest BCUT2D eigenvalue weighted by Crippen LogP contribution is -2.16. The fraction of sp³-hybridized carbons (Fsp3) is 0. The van der Waals surface area contributed by atoms with Crippen LogP contribution < -0.4 is 5.56 Å². The predicted molar refractivity (Wildman–Crippen MR) is 49.1 cm³/mol. The summed E-state index contributed by atoms with van der Waals surface area (Å²) in [6, 6.07) is 8.68. The van der Waals surface area contributed by atoms with Crippen molar-refractivity contribution in [3.8, 4) is 0 Å². The van der Waals surface area contributed by atoms with Crippen molar-refractivity contribution in [1.82, 2.24) is 4.40 Å². The molecule has 0 amide bonds. The van der Waals surface area contributed by atoms with Crippen molar-refractivity contribution in [2.24, 2.45) is 0 Å².